The van der Waals surface area contributed by atoms with E-state index >= 15 is 0 Å². The highest BCUT2D eigenvalue weighted by atomic mass is 79.9. The number of imidazole rings is 1. The zero-order valence-corrected chi connectivity index (χ0v) is 12.6. The minimum Gasteiger partial charge on any atom is -0.339 e. The van der Waals surface area contributed by atoms with Crippen LogP contribution < -0.4 is 4.72 Å². The normalized spacial score (nSPS) is 14.2. The lowest BCUT2D eigenvalue weighted by molar-refractivity contribution is 0.550. The van der Waals surface area contributed by atoms with E-state index in [0.29, 0.717) is 12.5 Å². The number of hydrogen-bond donors (Lipinski definition) is 1. The molecule has 0 fully saturated rings. The Morgan fingerprint density at radius 3 is 2.65 bits per heavy atom. The maximum absolute atomic E-state index is 11.8. The van der Waals surface area contributed by atoms with Gasteiger partial charge < -0.3 is 4.57 Å². The van der Waals surface area contributed by atoms with Gasteiger partial charge in [0.25, 0.3) is 10.0 Å². The van der Waals surface area contributed by atoms with Crippen LogP contribution in [0.5, 0.6) is 0 Å². The van der Waals surface area contributed by atoms with E-state index in [1.807, 2.05) is 0 Å². The molecule has 0 aliphatic rings. The molecule has 0 aliphatic carbocycles. The smallest absolute Gasteiger partial charge is 0.259 e. The third-order valence-electron chi connectivity index (χ3n) is 2.18. The summed E-state index contributed by atoms with van der Waals surface area (Å²) in [5.41, 5.74) is 0. The zero-order chi connectivity index (χ0) is 13.1. The molecule has 98 valence electrons. The van der Waals surface area contributed by atoms with Gasteiger partial charge in [0.1, 0.15) is 0 Å². The second-order valence-electron chi connectivity index (χ2n) is 4.46. The third-order valence-corrected chi connectivity index (χ3v) is 4.18. The van der Waals surface area contributed by atoms with Crippen molar-refractivity contribution in [3.05, 3.63) is 12.5 Å². The van der Waals surface area contributed by atoms with Crippen molar-refractivity contribution >= 4 is 26.0 Å². The Kier molecular flexibility index (Phi) is 5.15. The first-order chi connectivity index (χ1) is 7.81. The molecule has 1 unspecified atom stereocenters. The molecule has 1 heterocycles. The first-order valence-electron chi connectivity index (χ1n) is 5.43. The van der Waals surface area contributed by atoms with Crippen molar-refractivity contribution in [2.75, 3.05) is 6.54 Å². The number of alkyl halides is 1. The second-order valence-corrected chi connectivity index (χ2v) is 7.46. The average Bonchev–Trinajstić information content (AvgIpc) is 2.62. The van der Waals surface area contributed by atoms with E-state index in [-0.39, 0.29) is 9.85 Å². The van der Waals surface area contributed by atoms with Crippen LogP contribution in [0, 0.1) is 5.92 Å². The number of nitrogens with one attached hydrogen (secondary N) is 1. The maximum Gasteiger partial charge on any atom is 0.259 e. The molecule has 0 aromatic carbocycles. The maximum atomic E-state index is 11.8. The molecule has 1 atom stereocenters. The summed E-state index contributed by atoms with van der Waals surface area (Å²) in [7, 11) is -1.75. The van der Waals surface area contributed by atoms with E-state index < -0.39 is 10.0 Å². The Morgan fingerprint density at radius 1 is 1.53 bits per heavy atom. The molecular formula is C10H18BrN3O2S. The van der Waals surface area contributed by atoms with Crippen LogP contribution >= 0.6 is 15.9 Å². The summed E-state index contributed by atoms with van der Waals surface area (Å²) in [6.07, 6.45) is 3.87. The molecule has 7 heteroatoms. The number of halogens is 1. The van der Waals surface area contributed by atoms with Gasteiger partial charge >= 0.3 is 0 Å². The van der Waals surface area contributed by atoms with Crippen molar-refractivity contribution in [3.63, 3.8) is 0 Å². The van der Waals surface area contributed by atoms with Crippen molar-refractivity contribution in [1.29, 1.82) is 0 Å². The minimum absolute atomic E-state index is 0.0595. The van der Waals surface area contributed by atoms with Gasteiger partial charge in [-0.1, -0.05) is 29.8 Å². The van der Waals surface area contributed by atoms with Gasteiger partial charge in [0.2, 0.25) is 0 Å². The first kappa shape index (κ1) is 14.7. The minimum atomic E-state index is -3.48. The van der Waals surface area contributed by atoms with Crippen LogP contribution in [0.25, 0.3) is 0 Å². The van der Waals surface area contributed by atoms with E-state index in [9.17, 15) is 8.42 Å². The highest BCUT2D eigenvalue weighted by Gasteiger charge is 2.18. The summed E-state index contributed by atoms with van der Waals surface area (Å²) < 4.78 is 27.8. The topological polar surface area (TPSA) is 64.0 Å². The molecule has 0 saturated heterocycles. The number of hydrogen-bond acceptors (Lipinski definition) is 3. The number of aromatic nitrogens is 2. The number of sulfonamides is 1. The Labute approximate surface area is 111 Å². The van der Waals surface area contributed by atoms with Crippen LogP contribution in [-0.4, -0.2) is 29.3 Å². The lowest BCUT2D eigenvalue weighted by Gasteiger charge is -2.12. The number of rotatable bonds is 6. The molecule has 0 aliphatic heterocycles. The van der Waals surface area contributed by atoms with Crippen molar-refractivity contribution in [2.45, 2.75) is 30.1 Å². The molecule has 0 amide bonds. The monoisotopic (exact) mass is 323 g/mol. The van der Waals surface area contributed by atoms with Gasteiger partial charge in [0, 0.05) is 24.6 Å². The SMILES string of the molecule is CC(C)CC(Br)CNS(=O)(=O)c1cn(C)cn1. The van der Waals surface area contributed by atoms with Gasteiger partial charge in [-0.2, -0.15) is 0 Å². The Bertz CT molecular complexity index is 456. The molecule has 5 nitrogen and oxygen atoms in total. The summed E-state index contributed by atoms with van der Waals surface area (Å²) in [4.78, 5) is 3.96. The van der Waals surface area contributed by atoms with Crippen molar-refractivity contribution < 1.29 is 8.42 Å². The molecule has 0 spiro atoms. The predicted molar refractivity (Wildman–Crippen MR) is 70.6 cm³/mol. The molecule has 0 radical (unpaired) electrons. The quantitative estimate of drug-likeness (QED) is 0.807. The Balaban J connectivity index is 2.56. The third kappa shape index (κ3) is 4.77. The van der Waals surface area contributed by atoms with Gasteiger partial charge in [-0.05, 0) is 12.3 Å². The molecule has 0 saturated carbocycles. The largest absolute Gasteiger partial charge is 0.339 e. The van der Waals surface area contributed by atoms with Crippen LogP contribution in [-0.2, 0) is 17.1 Å². The lowest BCUT2D eigenvalue weighted by atomic mass is 10.1. The van der Waals surface area contributed by atoms with Crippen LogP contribution in [0.1, 0.15) is 20.3 Å². The van der Waals surface area contributed by atoms with Gasteiger partial charge in [-0.3, -0.25) is 0 Å². The van der Waals surface area contributed by atoms with E-state index in [0.717, 1.165) is 6.42 Å². The molecule has 1 aromatic rings. The fraction of sp³-hybridized carbons (Fsp3) is 0.700. The predicted octanol–water partition coefficient (Wildman–Crippen LogP) is 1.51. The number of nitrogens with zero attached hydrogens (tertiary/aromatic N) is 2. The fourth-order valence-corrected chi connectivity index (χ4v) is 3.58. The van der Waals surface area contributed by atoms with Crippen molar-refractivity contribution in [3.8, 4) is 0 Å². The Morgan fingerprint density at radius 2 is 2.18 bits per heavy atom. The molecular weight excluding hydrogens is 306 g/mol. The second kappa shape index (κ2) is 5.97. The highest BCUT2D eigenvalue weighted by Crippen LogP contribution is 2.13. The van der Waals surface area contributed by atoms with E-state index in [1.54, 1.807) is 11.6 Å². The molecule has 17 heavy (non-hydrogen) atoms. The molecule has 0 bridgehead atoms. The van der Waals surface area contributed by atoms with Crippen LogP contribution in [0.4, 0.5) is 0 Å². The number of aryl methyl sites for hydroxylation is 1. The van der Waals surface area contributed by atoms with Gasteiger partial charge in [0.15, 0.2) is 5.03 Å². The van der Waals surface area contributed by atoms with Crippen LogP contribution in [0.15, 0.2) is 17.6 Å². The summed E-state index contributed by atoms with van der Waals surface area (Å²) in [5, 5.41) is 0.0595. The molecule has 1 rings (SSSR count). The molecule has 1 aromatic heterocycles. The summed E-state index contributed by atoms with van der Waals surface area (Å²) in [5.74, 6) is 0.527. The average molecular weight is 324 g/mol. The summed E-state index contributed by atoms with van der Waals surface area (Å²) >= 11 is 3.46. The van der Waals surface area contributed by atoms with Gasteiger partial charge in [0.05, 0.1) is 6.33 Å². The van der Waals surface area contributed by atoms with Crippen molar-refractivity contribution in [1.82, 2.24) is 14.3 Å². The zero-order valence-electron chi connectivity index (χ0n) is 10.2. The van der Waals surface area contributed by atoms with Crippen LogP contribution in [0.2, 0.25) is 0 Å². The van der Waals surface area contributed by atoms with Crippen LogP contribution in [0.3, 0.4) is 0 Å². The van der Waals surface area contributed by atoms with Crippen molar-refractivity contribution in [2.24, 2.45) is 13.0 Å². The summed E-state index contributed by atoms with van der Waals surface area (Å²) in [6, 6.07) is 0. The Hall–Kier alpha value is -0.400. The van der Waals surface area contributed by atoms with Gasteiger partial charge in [-0.25, -0.2) is 18.1 Å². The first-order valence-corrected chi connectivity index (χ1v) is 7.83. The lowest BCUT2D eigenvalue weighted by Crippen LogP contribution is -2.30. The standard InChI is InChI=1S/C10H18BrN3O2S/c1-8(2)4-9(11)5-13-17(15,16)10-6-14(3)7-12-10/h6-9,13H,4-5H2,1-3H3. The molecule has 1 N–H and O–H groups in total. The fourth-order valence-electron chi connectivity index (χ4n) is 1.40. The van der Waals surface area contributed by atoms with E-state index in [4.69, 9.17) is 0 Å². The van der Waals surface area contributed by atoms with E-state index in [1.165, 1.54) is 12.5 Å². The van der Waals surface area contributed by atoms with Gasteiger partial charge in [-0.15, -0.1) is 0 Å². The highest BCUT2D eigenvalue weighted by molar-refractivity contribution is 9.09. The summed E-state index contributed by atoms with van der Waals surface area (Å²) in [6.45, 7) is 4.57. The van der Waals surface area contributed by atoms with E-state index in [2.05, 4.69) is 39.5 Å².